The maximum Gasteiger partial charge on any atom is 0.410 e. The first-order valence-corrected chi connectivity index (χ1v) is 11.5. The Balaban J connectivity index is 1.36. The third-order valence-corrected chi connectivity index (χ3v) is 5.86. The van der Waals surface area contributed by atoms with Gasteiger partial charge >= 0.3 is 12.2 Å². The Hall–Kier alpha value is -2.28. The molecule has 1 N–H and O–H groups in total. The van der Waals surface area contributed by atoms with Gasteiger partial charge in [-0.25, -0.2) is 9.59 Å². The first-order chi connectivity index (χ1) is 14.8. The summed E-state index contributed by atoms with van der Waals surface area (Å²) >= 11 is 0. The summed E-state index contributed by atoms with van der Waals surface area (Å²) in [7, 11) is 0. The molecule has 1 saturated carbocycles. The van der Waals surface area contributed by atoms with Crippen molar-refractivity contribution >= 4 is 12.2 Å². The summed E-state index contributed by atoms with van der Waals surface area (Å²) < 4.78 is 10.9. The average Bonchev–Trinajstić information content (AvgIpc) is 2.72. The van der Waals surface area contributed by atoms with E-state index in [0.29, 0.717) is 25.6 Å². The topological polar surface area (TPSA) is 71.1 Å². The molecule has 0 radical (unpaired) electrons. The highest BCUT2D eigenvalue weighted by Crippen LogP contribution is 2.26. The highest BCUT2D eigenvalue weighted by atomic mass is 16.6. The molecule has 2 atom stereocenters. The maximum atomic E-state index is 12.2. The molecule has 0 unspecified atom stereocenters. The molecule has 31 heavy (non-hydrogen) atoms. The second kappa shape index (κ2) is 10.8. The number of hydrogen-bond acceptors (Lipinski definition) is 5. The van der Waals surface area contributed by atoms with E-state index in [4.69, 9.17) is 9.47 Å². The van der Waals surface area contributed by atoms with Gasteiger partial charge in [0, 0.05) is 38.8 Å². The number of alkyl carbamates (subject to hydrolysis) is 1. The molecule has 0 aromatic heterocycles. The number of carbonyl (C=O) groups excluding carboxylic acids is 2. The molecule has 0 bridgehead atoms. The van der Waals surface area contributed by atoms with Crippen LogP contribution in [0.25, 0.3) is 0 Å². The Bertz CT molecular complexity index is 711. The number of carbonyl (C=O) groups is 2. The monoisotopic (exact) mass is 431 g/mol. The minimum atomic E-state index is -0.458. The second-order valence-corrected chi connectivity index (χ2v) is 9.70. The fourth-order valence-corrected chi connectivity index (χ4v) is 4.32. The molecule has 3 rings (SSSR count). The van der Waals surface area contributed by atoms with Gasteiger partial charge in [0.15, 0.2) is 0 Å². The van der Waals surface area contributed by atoms with E-state index in [0.717, 1.165) is 44.5 Å². The van der Waals surface area contributed by atoms with Gasteiger partial charge in [-0.2, -0.15) is 0 Å². The first kappa shape index (κ1) is 23.4. The van der Waals surface area contributed by atoms with Crippen molar-refractivity contribution in [2.24, 2.45) is 5.92 Å². The Labute approximate surface area is 186 Å². The normalized spacial score (nSPS) is 22.6. The van der Waals surface area contributed by atoms with Gasteiger partial charge < -0.3 is 19.7 Å². The lowest BCUT2D eigenvalue weighted by molar-refractivity contribution is 0.0127. The van der Waals surface area contributed by atoms with Crippen LogP contribution >= 0.6 is 0 Å². The molecule has 7 heteroatoms. The van der Waals surface area contributed by atoms with Crippen LogP contribution in [-0.4, -0.2) is 66.4 Å². The SMILES string of the molecule is CC(C)(C)OC(=O)N1CCN(C[C@@H]2CCC[C@@H](NC(=O)OCc3ccccc3)C2)CC1. The maximum absolute atomic E-state index is 12.2. The van der Waals surface area contributed by atoms with Crippen molar-refractivity contribution in [1.29, 1.82) is 0 Å². The van der Waals surface area contributed by atoms with Gasteiger partial charge in [0.05, 0.1) is 0 Å². The molecule has 2 amide bonds. The third-order valence-electron chi connectivity index (χ3n) is 5.86. The van der Waals surface area contributed by atoms with Gasteiger partial charge in [-0.05, 0) is 51.5 Å². The lowest BCUT2D eigenvalue weighted by Gasteiger charge is -2.38. The molecule has 1 aliphatic carbocycles. The standard InChI is InChI=1S/C24H37N3O4/c1-24(2,3)31-23(29)27-14-12-26(13-15-27)17-20-10-7-11-21(16-20)25-22(28)30-18-19-8-5-4-6-9-19/h4-6,8-9,20-21H,7,10-18H2,1-3H3,(H,25,28)/t20-,21-/m1/s1. The van der Waals surface area contributed by atoms with Gasteiger partial charge in [-0.3, -0.25) is 4.90 Å². The van der Waals surface area contributed by atoms with Gasteiger partial charge in [0.1, 0.15) is 12.2 Å². The van der Waals surface area contributed by atoms with Crippen LogP contribution in [-0.2, 0) is 16.1 Å². The molecule has 2 aliphatic rings. The largest absolute Gasteiger partial charge is 0.445 e. The van der Waals surface area contributed by atoms with E-state index in [1.165, 1.54) is 6.42 Å². The highest BCUT2D eigenvalue weighted by Gasteiger charge is 2.29. The average molecular weight is 432 g/mol. The van der Waals surface area contributed by atoms with Crippen molar-refractivity contribution in [2.75, 3.05) is 32.7 Å². The van der Waals surface area contributed by atoms with Crippen molar-refractivity contribution in [3.8, 4) is 0 Å². The van der Waals surface area contributed by atoms with Crippen molar-refractivity contribution in [1.82, 2.24) is 15.1 Å². The predicted octanol–water partition coefficient (Wildman–Crippen LogP) is 4.02. The van der Waals surface area contributed by atoms with Crippen LogP contribution in [0.3, 0.4) is 0 Å². The number of amides is 2. The zero-order valence-corrected chi connectivity index (χ0v) is 19.1. The van der Waals surface area contributed by atoms with E-state index in [1.54, 1.807) is 4.90 Å². The Morgan fingerprint density at radius 1 is 1.06 bits per heavy atom. The summed E-state index contributed by atoms with van der Waals surface area (Å²) in [6.07, 6.45) is 3.73. The van der Waals surface area contributed by atoms with Crippen molar-refractivity contribution < 1.29 is 19.1 Å². The number of piperazine rings is 1. The van der Waals surface area contributed by atoms with E-state index in [9.17, 15) is 9.59 Å². The van der Waals surface area contributed by atoms with Gasteiger partial charge in [-0.15, -0.1) is 0 Å². The number of hydrogen-bond donors (Lipinski definition) is 1. The van der Waals surface area contributed by atoms with E-state index in [2.05, 4.69) is 10.2 Å². The zero-order chi connectivity index (χ0) is 22.3. The summed E-state index contributed by atoms with van der Waals surface area (Å²) in [5, 5.41) is 3.05. The fourth-order valence-electron chi connectivity index (χ4n) is 4.32. The molecule has 7 nitrogen and oxygen atoms in total. The van der Waals surface area contributed by atoms with E-state index >= 15 is 0 Å². The number of nitrogens with one attached hydrogen (secondary N) is 1. The molecule has 1 heterocycles. The molecule has 2 fully saturated rings. The molecule has 0 spiro atoms. The van der Waals surface area contributed by atoms with Crippen LogP contribution in [0.2, 0.25) is 0 Å². The number of nitrogens with zero attached hydrogens (tertiary/aromatic N) is 2. The predicted molar refractivity (Wildman–Crippen MR) is 120 cm³/mol. The Morgan fingerprint density at radius 3 is 2.45 bits per heavy atom. The molecular formula is C24H37N3O4. The molecule has 1 aromatic carbocycles. The molecule has 1 saturated heterocycles. The van der Waals surface area contributed by atoms with Gasteiger partial charge in [-0.1, -0.05) is 36.8 Å². The molecule has 172 valence electrons. The Kier molecular flexibility index (Phi) is 8.18. The van der Waals surface area contributed by atoms with E-state index in [-0.39, 0.29) is 18.2 Å². The van der Waals surface area contributed by atoms with E-state index < -0.39 is 5.60 Å². The van der Waals surface area contributed by atoms with Crippen LogP contribution in [0, 0.1) is 5.92 Å². The lowest BCUT2D eigenvalue weighted by atomic mass is 9.85. The van der Waals surface area contributed by atoms with Crippen LogP contribution in [0.5, 0.6) is 0 Å². The summed E-state index contributed by atoms with van der Waals surface area (Å²) in [6.45, 7) is 10.1. The quantitative estimate of drug-likeness (QED) is 0.762. The fraction of sp³-hybridized carbons (Fsp3) is 0.667. The first-order valence-electron chi connectivity index (χ1n) is 11.5. The number of ether oxygens (including phenoxy) is 2. The van der Waals surface area contributed by atoms with Crippen molar-refractivity contribution in [3.63, 3.8) is 0 Å². The molecule has 1 aromatic rings. The molecule has 1 aliphatic heterocycles. The summed E-state index contributed by atoms with van der Waals surface area (Å²) in [5.74, 6) is 0.557. The summed E-state index contributed by atoms with van der Waals surface area (Å²) in [5.41, 5.74) is 0.533. The van der Waals surface area contributed by atoms with Crippen molar-refractivity contribution in [2.45, 2.75) is 64.7 Å². The minimum Gasteiger partial charge on any atom is -0.445 e. The number of rotatable bonds is 5. The van der Waals surface area contributed by atoms with Gasteiger partial charge in [0.25, 0.3) is 0 Å². The smallest absolute Gasteiger partial charge is 0.410 e. The van der Waals surface area contributed by atoms with E-state index in [1.807, 2.05) is 51.1 Å². The third kappa shape index (κ3) is 8.05. The lowest BCUT2D eigenvalue weighted by Crippen LogP contribution is -2.51. The Morgan fingerprint density at radius 2 is 1.77 bits per heavy atom. The zero-order valence-electron chi connectivity index (χ0n) is 19.1. The van der Waals surface area contributed by atoms with Crippen LogP contribution in [0.1, 0.15) is 52.0 Å². The molecular weight excluding hydrogens is 394 g/mol. The second-order valence-electron chi connectivity index (χ2n) is 9.70. The van der Waals surface area contributed by atoms with Crippen LogP contribution in [0.4, 0.5) is 9.59 Å². The number of benzene rings is 1. The van der Waals surface area contributed by atoms with Crippen molar-refractivity contribution in [3.05, 3.63) is 35.9 Å². The van der Waals surface area contributed by atoms with Crippen LogP contribution in [0.15, 0.2) is 30.3 Å². The summed E-state index contributed by atoms with van der Waals surface area (Å²) in [6, 6.07) is 9.90. The summed E-state index contributed by atoms with van der Waals surface area (Å²) in [4.78, 5) is 28.7. The van der Waals surface area contributed by atoms with Gasteiger partial charge in [0.2, 0.25) is 0 Å². The minimum absolute atomic E-state index is 0.171. The highest BCUT2D eigenvalue weighted by molar-refractivity contribution is 5.68. The van der Waals surface area contributed by atoms with Crippen LogP contribution < -0.4 is 5.32 Å².